The van der Waals surface area contributed by atoms with Crippen LogP contribution in [0.1, 0.15) is 0 Å². The van der Waals surface area contributed by atoms with Gasteiger partial charge in [0.1, 0.15) is 0 Å². The highest BCUT2D eigenvalue weighted by Gasteiger charge is 2.10. The second-order valence-corrected chi connectivity index (χ2v) is 4.04. The van der Waals surface area contributed by atoms with E-state index in [0.29, 0.717) is 4.47 Å². The van der Waals surface area contributed by atoms with Gasteiger partial charge in [-0.15, -0.1) is 0 Å². The van der Waals surface area contributed by atoms with Crippen molar-refractivity contribution in [1.82, 2.24) is 9.97 Å². The molecule has 1 aromatic carbocycles. The largest absolute Gasteiger partial charge is 0.434 e. The third kappa shape index (κ3) is 2.44. The van der Waals surface area contributed by atoms with Gasteiger partial charge in [0.2, 0.25) is 5.88 Å². The average Bonchev–Trinajstić information content (AvgIpc) is 2.30. The summed E-state index contributed by atoms with van der Waals surface area (Å²) in [4.78, 5) is 17.2. The zero-order valence-corrected chi connectivity index (χ0v) is 9.99. The number of anilines is 1. The maximum atomic E-state index is 13.4. The fourth-order valence-electron chi connectivity index (χ4n) is 1.13. The first-order valence-electron chi connectivity index (χ1n) is 4.54. The Morgan fingerprint density at radius 3 is 3.00 bits per heavy atom. The fraction of sp³-hybridized carbons (Fsp3) is 0. The lowest BCUT2D eigenvalue weighted by molar-refractivity contribution is 0.427. The van der Waals surface area contributed by atoms with Crippen LogP contribution in [0.25, 0.3) is 0 Å². The molecule has 0 spiro atoms. The number of aromatic nitrogens is 2. The van der Waals surface area contributed by atoms with E-state index in [2.05, 4.69) is 25.9 Å². The first-order chi connectivity index (χ1) is 8.08. The smallest absolute Gasteiger partial charge is 0.277 e. The van der Waals surface area contributed by atoms with Crippen LogP contribution in [0, 0.1) is 5.82 Å². The van der Waals surface area contributed by atoms with Crippen LogP contribution in [0.4, 0.5) is 10.1 Å². The van der Waals surface area contributed by atoms with Crippen molar-refractivity contribution < 1.29 is 9.13 Å². The predicted octanol–water partition coefficient (Wildman–Crippen LogP) is 2.05. The minimum Gasteiger partial charge on any atom is -0.434 e. The number of nitrogens with one attached hydrogen (secondary N) is 1. The monoisotopic (exact) mass is 299 g/mol. The molecule has 2 aromatic rings. The van der Waals surface area contributed by atoms with E-state index < -0.39 is 11.4 Å². The molecule has 0 bridgehead atoms. The van der Waals surface area contributed by atoms with Gasteiger partial charge >= 0.3 is 0 Å². The highest BCUT2D eigenvalue weighted by atomic mass is 79.9. The number of hydrogen-bond donors (Lipinski definition) is 2. The molecule has 3 N–H and O–H groups in total. The first-order valence-corrected chi connectivity index (χ1v) is 5.33. The van der Waals surface area contributed by atoms with Crippen molar-refractivity contribution in [3.8, 4) is 11.6 Å². The van der Waals surface area contributed by atoms with E-state index in [1.165, 1.54) is 18.2 Å². The van der Waals surface area contributed by atoms with Crippen molar-refractivity contribution in [2.75, 3.05) is 5.73 Å². The summed E-state index contributed by atoms with van der Waals surface area (Å²) < 4.78 is 19.2. The number of nitrogens with zero attached hydrogens (tertiary/aromatic N) is 1. The summed E-state index contributed by atoms with van der Waals surface area (Å²) >= 11 is 3.18. The molecule has 0 aliphatic heterocycles. The van der Waals surface area contributed by atoms with Crippen molar-refractivity contribution in [3.63, 3.8) is 0 Å². The van der Waals surface area contributed by atoms with Crippen LogP contribution < -0.4 is 16.0 Å². The number of rotatable bonds is 2. The molecule has 0 aliphatic rings. The minimum absolute atomic E-state index is 0.0656. The zero-order chi connectivity index (χ0) is 12.4. The number of hydrogen-bond acceptors (Lipinski definition) is 4. The molecular weight excluding hydrogens is 293 g/mol. The summed E-state index contributed by atoms with van der Waals surface area (Å²) in [7, 11) is 0. The fourth-order valence-corrected chi connectivity index (χ4v) is 1.47. The Bertz CT molecular complexity index is 615. The zero-order valence-electron chi connectivity index (χ0n) is 8.41. The Hall–Kier alpha value is -1.89. The lowest BCUT2D eigenvalue weighted by Crippen LogP contribution is -2.13. The normalized spacial score (nSPS) is 10.2. The summed E-state index contributed by atoms with van der Waals surface area (Å²) in [6.45, 7) is 0. The third-order valence-electron chi connectivity index (χ3n) is 1.95. The highest BCUT2D eigenvalue weighted by molar-refractivity contribution is 9.10. The van der Waals surface area contributed by atoms with Gasteiger partial charge in [-0.2, -0.15) is 0 Å². The van der Waals surface area contributed by atoms with E-state index in [-0.39, 0.29) is 17.3 Å². The molecule has 0 fully saturated rings. The van der Waals surface area contributed by atoms with E-state index in [0.717, 1.165) is 6.33 Å². The Balaban J connectivity index is 2.41. The number of nitrogen functional groups attached to an aromatic ring is 1. The molecule has 0 saturated heterocycles. The number of nitrogens with two attached hydrogens (primary N) is 1. The van der Waals surface area contributed by atoms with Crippen LogP contribution in [0.3, 0.4) is 0 Å². The van der Waals surface area contributed by atoms with E-state index in [9.17, 15) is 9.18 Å². The van der Waals surface area contributed by atoms with Gasteiger partial charge in [-0.25, -0.2) is 9.37 Å². The van der Waals surface area contributed by atoms with Gasteiger partial charge in [0.15, 0.2) is 17.3 Å². The maximum Gasteiger partial charge on any atom is 0.277 e. The SMILES string of the molecule is Nc1c(Oc2cc(Br)ccc2F)nc[nH]c1=O. The van der Waals surface area contributed by atoms with Gasteiger partial charge in [0.25, 0.3) is 5.56 Å². The molecule has 0 unspecified atom stereocenters. The molecule has 1 heterocycles. The van der Waals surface area contributed by atoms with Crippen LogP contribution in [0.2, 0.25) is 0 Å². The second kappa shape index (κ2) is 4.54. The van der Waals surface area contributed by atoms with Gasteiger partial charge in [0, 0.05) is 4.47 Å². The van der Waals surface area contributed by atoms with Crippen LogP contribution in [0.15, 0.2) is 33.8 Å². The van der Waals surface area contributed by atoms with E-state index in [4.69, 9.17) is 10.5 Å². The Morgan fingerprint density at radius 2 is 2.24 bits per heavy atom. The summed E-state index contributed by atoms with van der Waals surface area (Å²) in [6.07, 6.45) is 1.13. The maximum absolute atomic E-state index is 13.4. The molecule has 88 valence electrons. The minimum atomic E-state index is -0.574. The van der Waals surface area contributed by atoms with Crippen LogP contribution in [-0.2, 0) is 0 Å². The molecule has 7 heteroatoms. The quantitative estimate of drug-likeness (QED) is 0.889. The molecule has 0 aliphatic carbocycles. The Morgan fingerprint density at radius 1 is 1.47 bits per heavy atom. The number of H-pyrrole nitrogens is 1. The molecule has 0 atom stereocenters. The van der Waals surface area contributed by atoms with E-state index in [1.54, 1.807) is 0 Å². The molecule has 1 aromatic heterocycles. The molecule has 0 saturated carbocycles. The highest BCUT2D eigenvalue weighted by Crippen LogP contribution is 2.27. The van der Waals surface area contributed by atoms with Crippen molar-refractivity contribution in [2.45, 2.75) is 0 Å². The summed E-state index contributed by atoms with van der Waals surface area (Å²) in [6, 6.07) is 4.16. The topological polar surface area (TPSA) is 81.0 Å². The number of ether oxygens (including phenoxy) is 1. The van der Waals surface area contributed by atoms with Crippen LogP contribution in [-0.4, -0.2) is 9.97 Å². The molecule has 0 amide bonds. The molecule has 5 nitrogen and oxygen atoms in total. The van der Waals surface area contributed by atoms with Crippen molar-refractivity contribution >= 4 is 21.6 Å². The first kappa shape index (κ1) is 11.6. The third-order valence-corrected chi connectivity index (χ3v) is 2.45. The number of benzene rings is 1. The van der Waals surface area contributed by atoms with Crippen molar-refractivity contribution in [2.24, 2.45) is 0 Å². The van der Waals surface area contributed by atoms with E-state index >= 15 is 0 Å². The standard InChI is InChI=1S/C10H7BrFN3O2/c11-5-1-2-6(12)7(3-5)17-10-8(13)9(16)14-4-15-10/h1-4H,13H2,(H,14,15,16). The average molecular weight is 300 g/mol. The van der Waals surface area contributed by atoms with Crippen LogP contribution >= 0.6 is 15.9 Å². The molecule has 0 radical (unpaired) electrons. The number of aromatic amines is 1. The van der Waals surface area contributed by atoms with Gasteiger partial charge in [-0.3, -0.25) is 4.79 Å². The molecular formula is C10H7BrFN3O2. The summed E-state index contributed by atoms with van der Waals surface area (Å²) in [5, 5.41) is 0. The second-order valence-electron chi connectivity index (χ2n) is 3.13. The Labute approximate surface area is 104 Å². The lowest BCUT2D eigenvalue weighted by Gasteiger charge is -2.07. The lowest BCUT2D eigenvalue weighted by atomic mass is 10.3. The van der Waals surface area contributed by atoms with Gasteiger partial charge in [0.05, 0.1) is 6.33 Å². The summed E-state index contributed by atoms with van der Waals surface area (Å²) in [5.41, 5.74) is 4.71. The van der Waals surface area contributed by atoms with Crippen molar-refractivity contribution in [1.29, 1.82) is 0 Å². The van der Waals surface area contributed by atoms with Gasteiger partial charge in [-0.05, 0) is 18.2 Å². The van der Waals surface area contributed by atoms with Crippen molar-refractivity contribution in [3.05, 3.63) is 45.2 Å². The predicted molar refractivity (Wildman–Crippen MR) is 63.4 cm³/mol. The summed E-state index contributed by atoms with van der Waals surface area (Å²) in [5.74, 6) is -0.774. The number of halogens is 2. The Kier molecular flexibility index (Phi) is 3.10. The molecule has 2 rings (SSSR count). The van der Waals surface area contributed by atoms with Gasteiger partial charge in [-0.1, -0.05) is 15.9 Å². The van der Waals surface area contributed by atoms with Gasteiger partial charge < -0.3 is 15.5 Å². The van der Waals surface area contributed by atoms with Crippen LogP contribution in [0.5, 0.6) is 11.6 Å². The molecule has 17 heavy (non-hydrogen) atoms. The van der Waals surface area contributed by atoms with E-state index in [1.807, 2.05) is 0 Å².